The molecule has 6 nitrogen and oxygen atoms in total. The van der Waals surface area contributed by atoms with Crippen LogP contribution in [0.25, 0.3) is 0 Å². The van der Waals surface area contributed by atoms with Crippen molar-refractivity contribution in [2.75, 3.05) is 11.9 Å². The summed E-state index contributed by atoms with van der Waals surface area (Å²) in [6.07, 6.45) is 3.93. The molecular formula is C13H16N4O2. The second-order valence-electron chi connectivity index (χ2n) is 4.89. The van der Waals surface area contributed by atoms with Crippen LogP contribution in [0.4, 0.5) is 11.4 Å². The molecule has 1 aromatic rings. The fourth-order valence-electron chi connectivity index (χ4n) is 2.65. The molecule has 1 aliphatic carbocycles. The van der Waals surface area contributed by atoms with E-state index < -0.39 is 4.92 Å². The summed E-state index contributed by atoms with van der Waals surface area (Å²) in [7, 11) is 0. The number of nitro benzene ring substituents is 1. The van der Waals surface area contributed by atoms with Crippen molar-refractivity contribution in [3.8, 4) is 6.07 Å². The van der Waals surface area contributed by atoms with Crippen molar-refractivity contribution in [2.45, 2.75) is 31.2 Å². The van der Waals surface area contributed by atoms with Crippen LogP contribution >= 0.6 is 0 Å². The highest BCUT2D eigenvalue weighted by Gasteiger charge is 2.34. The number of nitro groups is 1. The number of nitriles is 1. The Balaban J connectivity index is 2.40. The van der Waals surface area contributed by atoms with Gasteiger partial charge in [-0.3, -0.25) is 10.1 Å². The van der Waals surface area contributed by atoms with Gasteiger partial charge in [0.1, 0.15) is 17.3 Å². The Morgan fingerprint density at radius 3 is 2.68 bits per heavy atom. The van der Waals surface area contributed by atoms with E-state index in [2.05, 4.69) is 5.32 Å². The summed E-state index contributed by atoms with van der Waals surface area (Å²) in [5.41, 5.74) is 5.83. The topological polar surface area (TPSA) is 105 Å². The average molecular weight is 260 g/mol. The zero-order valence-corrected chi connectivity index (χ0v) is 10.6. The standard InChI is InChI=1S/C13H16N4O2/c14-8-10-4-3-5-11(12(10)17(18)19)16-13(9-15)6-1-2-7-13/h3-5,16H,1-2,6-7,9,15H2. The molecule has 1 saturated carbocycles. The van der Waals surface area contributed by atoms with Gasteiger partial charge in [-0.25, -0.2) is 0 Å². The van der Waals surface area contributed by atoms with E-state index in [0.29, 0.717) is 12.2 Å². The molecule has 0 amide bonds. The van der Waals surface area contributed by atoms with Gasteiger partial charge < -0.3 is 11.1 Å². The second kappa shape index (κ2) is 5.24. The summed E-state index contributed by atoms with van der Waals surface area (Å²) in [5.74, 6) is 0. The maximum absolute atomic E-state index is 11.2. The fourth-order valence-corrected chi connectivity index (χ4v) is 2.65. The van der Waals surface area contributed by atoms with Crippen molar-refractivity contribution in [3.63, 3.8) is 0 Å². The van der Waals surface area contributed by atoms with E-state index in [0.717, 1.165) is 25.7 Å². The lowest BCUT2D eigenvalue weighted by atomic mass is 9.97. The third-order valence-corrected chi connectivity index (χ3v) is 3.69. The van der Waals surface area contributed by atoms with Gasteiger partial charge in [0.15, 0.2) is 0 Å². The van der Waals surface area contributed by atoms with Crippen LogP contribution in [-0.4, -0.2) is 17.0 Å². The van der Waals surface area contributed by atoms with Crippen LogP contribution in [-0.2, 0) is 0 Å². The Hall–Kier alpha value is -2.13. The summed E-state index contributed by atoms with van der Waals surface area (Å²) < 4.78 is 0. The number of rotatable bonds is 4. The van der Waals surface area contributed by atoms with Crippen LogP contribution in [0.5, 0.6) is 0 Å². The van der Waals surface area contributed by atoms with Crippen LogP contribution in [0.15, 0.2) is 18.2 Å². The quantitative estimate of drug-likeness (QED) is 0.637. The van der Waals surface area contributed by atoms with Gasteiger partial charge in [-0.05, 0) is 25.0 Å². The molecule has 1 aromatic carbocycles. The maximum Gasteiger partial charge on any atom is 0.309 e. The lowest BCUT2D eigenvalue weighted by Gasteiger charge is -2.29. The van der Waals surface area contributed by atoms with Crippen LogP contribution in [0.2, 0.25) is 0 Å². The lowest BCUT2D eigenvalue weighted by Crippen LogP contribution is -2.42. The van der Waals surface area contributed by atoms with E-state index in [-0.39, 0.29) is 16.8 Å². The molecule has 0 bridgehead atoms. The van der Waals surface area contributed by atoms with Crippen LogP contribution in [0, 0.1) is 21.4 Å². The highest BCUT2D eigenvalue weighted by atomic mass is 16.6. The Morgan fingerprint density at radius 1 is 1.47 bits per heavy atom. The molecule has 6 heteroatoms. The van der Waals surface area contributed by atoms with Crippen molar-refractivity contribution < 1.29 is 4.92 Å². The molecule has 0 spiro atoms. The van der Waals surface area contributed by atoms with Crippen LogP contribution in [0.3, 0.4) is 0 Å². The number of nitrogens with zero attached hydrogens (tertiary/aromatic N) is 2. The van der Waals surface area contributed by atoms with Crippen molar-refractivity contribution in [1.29, 1.82) is 5.26 Å². The smallest absolute Gasteiger partial charge is 0.309 e. The molecular weight excluding hydrogens is 244 g/mol. The molecule has 3 N–H and O–H groups in total. The van der Waals surface area contributed by atoms with E-state index in [9.17, 15) is 10.1 Å². The number of para-hydroxylation sites is 1. The molecule has 0 atom stereocenters. The van der Waals surface area contributed by atoms with Gasteiger partial charge in [0.25, 0.3) is 0 Å². The molecule has 1 aliphatic rings. The van der Waals surface area contributed by atoms with Crippen molar-refractivity contribution in [2.24, 2.45) is 5.73 Å². The number of hydrogen-bond acceptors (Lipinski definition) is 5. The number of nitrogens with one attached hydrogen (secondary N) is 1. The second-order valence-corrected chi connectivity index (χ2v) is 4.89. The minimum Gasteiger partial charge on any atom is -0.373 e. The summed E-state index contributed by atoms with van der Waals surface area (Å²) in [5, 5.41) is 23.3. The minimum absolute atomic E-state index is 0.0696. The molecule has 2 rings (SSSR count). The molecule has 100 valence electrons. The summed E-state index contributed by atoms with van der Waals surface area (Å²) >= 11 is 0. The monoisotopic (exact) mass is 260 g/mol. The summed E-state index contributed by atoms with van der Waals surface area (Å²) in [6, 6.07) is 6.59. The van der Waals surface area contributed by atoms with E-state index >= 15 is 0 Å². The normalized spacial score (nSPS) is 16.8. The Morgan fingerprint density at radius 2 is 2.16 bits per heavy atom. The highest BCUT2D eigenvalue weighted by molar-refractivity contribution is 5.69. The van der Waals surface area contributed by atoms with E-state index in [1.807, 2.05) is 6.07 Å². The first kappa shape index (κ1) is 13.3. The molecule has 0 aromatic heterocycles. The third kappa shape index (κ3) is 2.51. The first-order chi connectivity index (χ1) is 9.12. The van der Waals surface area contributed by atoms with Gasteiger partial charge in [-0.15, -0.1) is 0 Å². The van der Waals surface area contributed by atoms with Crippen molar-refractivity contribution >= 4 is 11.4 Å². The molecule has 0 radical (unpaired) electrons. The Bertz CT molecular complexity index is 530. The van der Waals surface area contributed by atoms with E-state index in [1.165, 1.54) is 6.07 Å². The van der Waals surface area contributed by atoms with Crippen molar-refractivity contribution in [1.82, 2.24) is 0 Å². The first-order valence-corrected chi connectivity index (χ1v) is 6.28. The molecule has 1 fully saturated rings. The van der Waals surface area contributed by atoms with E-state index in [4.69, 9.17) is 11.0 Å². The molecule has 19 heavy (non-hydrogen) atoms. The summed E-state index contributed by atoms with van der Waals surface area (Å²) in [4.78, 5) is 10.6. The van der Waals surface area contributed by atoms with Gasteiger partial charge in [0, 0.05) is 12.1 Å². The van der Waals surface area contributed by atoms with Crippen molar-refractivity contribution in [3.05, 3.63) is 33.9 Å². The Labute approximate surface area is 111 Å². The van der Waals surface area contributed by atoms with Gasteiger partial charge in [0.2, 0.25) is 0 Å². The summed E-state index contributed by atoms with van der Waals surface area (Å²) in [6.45, 7) is 0.431. The third-order valence-electron chi connectivity index (χ3n) is 3.69. The number of anilines is 1. The van der Waals surface area contributed by atoms with Gasteiger partial charge >= 0.3 is 5.69 Å². The van der Waals surface area contributed by atoms with Gasteiger partial charge in [-0.2, -0.15) is 5.26 Å². The lowest BCUT2D eigenvalue weighted by molar-refractivity contribution is -0.384. The maximum atomic E-state index is 11.2. The number of benzene rings is 1. The van der Waals surface area contributed by atoms with E-state index in [1.54, 1.807) is 12.1 Å². The van der Waals surface area contributed by atoms with Crippen LogP contribution in [0.1, 0.15) is 31.2 Å². The minimum atomic E-state index is -0.514. The molecule has 0 heterocycles. The van der Waals surface area contributed by atoms with Gasteiger partial charge in [-0.1, -0.05) is 18.9 Å². The number of hydrogen-bond donors (Lipinski definition) is 2. The molecule has 0 saturated heterocycles. The molecule has 0 unspecified atom stereocenters. The SMILES string of the molecule is N#Cc1cccc(NC2(CN)CCCC2)c1[N+](=O)[O-]. The molecule has 0 aliphatic heterocycles. The number of nitrogens with two attached hydrogens (primary N) is 1. The largest absolute Gasteiger partial charge is 0.373 e. The predicted octanol–water partition coefficient (Wildman–Crippen LogP) is 2.15. The first-order valence-electron chi connectivity index (χ1n) is 6.28. The van der Waals surface area contributed by atoms with Gasteiger partial charge in [0.05, 0.1) is 4.92 Å². The average Bonchev–Trinajstić information content (AvgIpc) is 2.87. The Kier molecular flexibility index (Phi) is 3.67. The fraction of sp³-hybridized carbons (Fsp3) is 0.462. The predicted molar refractivity (Wildman–Crippen MR) is 71.7 cm³/mol. The van der Waals surface area contributed by atoms with Crippen LogP contribution < -0.4 is 11.1 Å². The zero-order chi connectivity index (χ0) is 13.9. The zero-order valence-electron chi connectivity index (χ0n) is 10.6. The highest BCUT2D eigenvalue weighted by Crippen LogP contribution is 2.36.